The number of nitrogens with two attached hydrogens (primary N) is 1. The van der Waals surface area contributed by atoms with E-state index < -0.39 is 5.91 Å². The standard InChI is InChI=1S/C8H13N3O3S/c1-5(3-12)15-4-6-2-7(11-14-6)8(13)10-9/h2,5,12H,3-4,9H2,1H3,(H,10,13). The molecule has 0 aliphatic rings. The summed E-state index contributed by atoms with van der Waals surface area (Å²) in [6.07, 6.45) is 0. The van der Waals surface area contributed by atoms with Crippen molar-refractivity contribution in [3.8, 4) is 0 Å². The molecule has 1 rings (SSSR count). The lowest BCUT2D eigenvalue weighted by atomic mass is 10.4. The highest BCUT2D eigenvalue weighted by molar-refractivity contribution is 7.99. The minimum atomic E-state index is -0.481. The molecular weight excluding hydrogens is 218 g/mol. The van der Waals surface area contributed by atoms with E-state index in [1.807, 2.05) is 12.3 Å². The zero-order valence-corrected chi connectivity index (χ0v) is 9.08. The number of aromatic nitrogens is 1. The van der Waals surface area contributed by atoms with Crippen LogP contribution in [-0.2, 0) is 5.75 Å². The molecule has 0 radical (unpaired) electrons. The Balaban J connectivity index is 2.49. The second kappa shape index (κ2) is 5.74. The SMILES string of the molecule is CC(CO)SCc1cc(C(=O)NN)no1. The van der Waals surface area contributed by atoms with Gasteiger partial charge in [-0.1, -0.05) is 12.1 Å². The Hall–Kier alpha value is -1.05. The van der Waals surface area contributed by atoms with E-state index in [1.54, 1.807) is 0 Å². The molecule has 0 saturated carbocycles. The first-order chi connectivity index (χ1) is 7.17. The van der Waals surface area contributed by atoms with Crippen molar-refractivity contribution < 1.29 is 14.4 Å². The molecule has 0 bridgehead atoms. The van der Waals surface area contributed by atoms with Crippen LogP contribution in [0, 0.1) is 0 Å². The van der Waals surface area contributed by atoms with Crippen LogP contribution in [0.15, 0.2) is 10.6 Å². The third-order valence-corrected chi connectivity index (χ3v) is 2.86. The van der Waals surface area contributed by atoms with Crippen molar-refractivity contribution in [1.82, 2.24) is 10.6 Å². The van der Waals surface area contributed by atoms with E-state index in [4.69, 9.17) is 15.5 Å². The number of aliphatic hydroxyl groups is 1. The average molecular weight is 231 g/mol. The van der Waals surface area contributed by atoms with Crippen LogP contribution >= 0.6 is 11.8 Å². The molecule has 1 aromatic rings. The monoisotopic (exact) mass is 231 g/mol. The molecule has 84 valence electrons. The molecule has 0 aromatic carbocycles. The number of nitrogens with one attached hydrogen (secondary N) is 1. The summed E-state index contributed by atoms with van der Waals surface area (Å²) in [6.45, 7) is 2.00. The summed E-state index contributed by atoms with van der Waals surface area (Å²) in [5.74, 6) is 5.60. The molecule has 1 atom stereocenters. The van der Waals surface area contributed by atoms with Gasteiger partial charge in [0, 0.05) is 11.3 Å². The van der Waals surface area contributed by atoms with E-state index in [9.17, 15) is 4.79 Å². The smallest absolute Gasteiger partial charge is 0.287 e. The number of aliphatic hydroxyl groups excluding tert-OH is 1. The number of thioether (sulfide) groups is 1. The number of carbonyl (C=O) groups excluding carboxylic acids is 1. The Morgan fingerprint density at radius 3 is 3.20 bits per heavy atom. The van der Waals surface area contributed by atoms with E-state index in [2.05, 4.69) is 5.16 Å². The van der Waals surface area contributed by atoms with Gasteiger partial charge in [0.15, 0.2) is 5.69 Å². The van der Waals surface area contributed by atoms with E-state index >= 15 is 0 Å². The lowest BCUT2D eigenvalue weighted by Crippen LogP contribution is -2.30. The van der Waals surface area contributed by atoms with Crippen LogP contribution in [0.25, 0.3) is 0 Å². The number of amides is 1. The zero-order chi connectivity index (χ0) is 11.3. The third-order valence-electron chi connectivity index (χ3n) is 1.69. The van der Waals surface area contributed by atoms with Gasteiger partial charge in [-0.3, -0.25) is 10.2 Å². The summed E-state index contributed by atoms with van der Waals surface area (Å²) in [5.41, 5.74) is 2.12. The Morgan fingerprint density at radius 1 is 1.87 bits per heavy atom. The summed E-state index contributed by atoms with van der Waals surface area (Å²) < 4.78 is 4.91. The van der Waals surface area contributed by atoms with E-state index in [0.717, 1.165) is 0 Å². The van der Waals surface area contributed by atoms with Crippen LogP contribution in [0.2, 0.25) is 0 Å². The first-order valence-electron chi connectivity index (χ1n) is 4.36. The fraction of sp³-hybridized carbons (Fsp3) is 0.500. The Labute approximate surface area is 91.2 Å². The van der Waals surface area contributed by atoms with E-state index in [1.165, 1.54) is 17.8 Å². The van der Waals surface area contributed by atoms with Gasteiger partial charge in [0.25, 0.3) is 5.91 Å². The highest BCUT2D eigenvalue weighted by atomic mass is 32.2. The van der Waals surface area contributed by atoms with Gasteiger partial charge in [0.1, 0.15) is 5.76 Å². The maximum absolute atomic E-state index is 11.0. The molecule has 0 aliphatic heterocycles. The maximum Gasteiger partial charge on any atom is 0.287 e. The molecule has 1 heterocycles. The van der Waals surface area contributed by atoms with Crippen LogP contribution in [0.1, 0.15) is 23.2 Å². The largest absolute Gasteiger partial charge is 0.395 e. The second-order valence-corrected chi connectivity index (χ2v) is 4.38. The van der Waals surface area contributed by atoms with E-state index in [0.29, 0.717) is 11.5 Å². The first kappa shape index (κ1) is 12.0. The summed E-state index contributed by atoms with van der Waals surface area (Å²) in [4.78, 5) is 11.0. The number of hydrogen-bond acceptors (Lipinski definition) is 6. The highest BCUT2D eigenvalue weighted by Crippen LogP contribution is 2.17. The normalized spacial score (nSPS) is 12.5. The number of nitrogens with zero attached hydrogens (tertiary/aromatic N) is 1. The van der Waals surface area contributed by atoms with Crippen LogP contribution in [0.5, 0.6) is 0 Å². The van der Waals surface area contributed by atoms with Gasteiger partial charge in [0.05, 0.1) is 12.4 Å². The fourth-order valence-corrected chi connectivity index (χ4v) is 1.53. The van der Waals surface area contributed by atoms with Crippen molar-refractivity contribution in [3.05, 3.63) is 17.5 Å². The molecule has 1 unspecified atom stereocenters. The second-order valence-electron chi connectivity index (χ2n) is 2.96. The molecule has 1 aromatic heterocycles. The number of nitrogen functional groups attached to an aromatic ring is 1. The van der Waals surface area contributed by atoms with Crippen LogP contribution < -0.4 is 11.3 Å². The van der Waals surface area contributed by atoms with Crippen LogP contribution in [0.4, 0.5) is 0 Å². The van der Waals surface area contributed by atoms with Gasteiger partial charge in [-0.25, -0.2) is 5.84 Å². The van der Waals surface area contributed by atoms with E-state index in [-0.39, 0.29) is 17.6 Å². The molecule has 0 spiro atoms. The van der Waals surface area contributed by atoms with Crippen LogP contribution in [0.3, 0.4) is 0 Å². The van der Waals surface area contributed by atoms with Gasteiger partial charge >= 0.3 is 0 Å². The maximum atomic E-state index is 11.0. The van der Waals surface area contributed by atoms with Crippen molar-refractivity contribution >= 4 is 17.7 Å². The predicted octanol–water partition coefficient (Wildman–Crippen LogP) is -0.108. The molecule has 15 heavy (non-hydrogen) atoms. The molecular formula is C8H13N3O3S. The Morgan fingerprint density at radius 2 is 2.60 bits per heavy atom. The molecule has 1 amide bonds. The molecule has 0 saturated heterocycles. The van der Waals surface area contributed by atoms with Gasteiger partial charge in [-0.15, -0.1) is 11.8 Å². The zero-order valence-electron chi connectivity index (χ0n) is 8.27. The predicted molar refractivity (Wildman–Crippen MR) is 56.0 cm³/mol. The van der Waals surface area contributed by atoms with Crippen LogP contribution in [-0.4, -0.2) is 28.0 Å². The molecule has 4 N–H and O–H groups in total. The van der Waals surface area contributed by atoms with Crippen molar-refractivity contribution in [2.75, 3.05) is 6.61 Å². The molecule has 0 fully saturated rings. The van der Waals surface area contributed by atoms with Gasteiger partial charge < -0.3 is 9.63 Å². The van der Waals surface area contributed by atoms with Crippen molar-refractivity contribution in [1.29, 1.82) is 0 Å². The quantitative estimate of drug-likeness (QED) is 0.371. The molecule has 0 aliphatic carbocycles. The third kappa shape index (κ3) is 3.54. The lowest BCUT2D eigenvalue weighted by molar-refractivity contribution is 0.0944. The Bertz CT molecular complexity index is 329. The topological polar surface area (TPSA) is 101 Å². The summed E-state index contributed by atoms with van der Waals surface area (Å²) in [6, 6.07) is 1.53. The molecule has 6 nitrogen and oxygen atoms in total. The van der Waals surface area contributed by atoms with Crippen molar-refractivity contribution in [3.63, 3.8) is 0 Å². The summed E-state index contributed by atoms with van der Waals surface area (Å²) in [7, 11) is 0. The lowest BCUT2D eigenvalue weighted by Gasteiger charge is -2.03. The fourth-order valence-electron chi connectivity index (χ4n) is 0.839. The van der Waals surface area contributed by atoms with Crippen molar-refractivity contribution in [2.45, 2.75) is 17.9 Å². The summed E-state index contributed by atoms with van der Waals surface area (Å²) >= 11 is 1.52. The number of carbonyl (C=O) groups is 1. The van der Waals surface area contributed by atoms with Crippen molar-refractivity contribution in [2.24, 2.45) is 5.84 Å². The molecule has 7 heteroatoms. The van der Waals surface area contributed by atoms with Gasteiger partial charge in [0.2, 0.25) is 0 Å². The van der Waals surface area contributed by atoms with Gasteiger partial charge in [-0.2, -0.15) is 0 Å². The number of hydrazine groups is 1. The van der Waals surface area contributed by atoms with Gasteiger partial charge in [-0.05, 0) is 0 Å². The number of rotatable bonds is 5. The summed E-state index contributed by atoms with van der Waals surface area (Å²) in [5, 5.41) is 12.5. The minimum absolute atomic E-state index is 0.106. The highest BCUT2D eigenvalue weighted by Gasteiger charge is 2.11. The first-order valence-corrected chi connectivity index (χ1v) is 5.41. The Kier molecular flexibility index (Phi) is 4.60. The number of hydrogen-bond donors (Lipinski definition) is 3. The average Bonchev–Trinajstić information content (AvgIpc) is 2.73. The minimum Gasteiger partial charge on any atom is -0.395 e.